The fourth-order valence-electron chi connectivity index (χ4n) is 3.43. The largest absolute Gasteiger partial charge is 0.383 e. The molecular weight excluding hydrogens is 242 g/mol. The van der Waals surface area contributed by atoms with Gasteiger partial charge in [0.15, 0.2) is 0 Å². The van der Waals surface area contributed by atoms with Gasteiger partial charge in [0.05, 0.1) is 12.7 Å². The summed E-state index contributed by atoms with van der Waals surface area (Å²) in [6.45, 7) is 7.79. The van der Waals surface area contributed by atoms with Gasteiger partial charge in [-0.25, -0.2) is 0 Å². The van der Waals surface area contributed by atoms with Crippen molar-refractivity contribution in [2.24, 2.45) is 11.3 Å². The Morgan fingerprint density at radius 1 is 1.26 bits per heavy atom. The molecule has 0 aromatic carbocycles. The summed E-state index contributed by atoms with van der Waals surface area (Å²) in [7, 11) is 1.75. The molecule has 0 aromatic heterocycles. The summed E-state index contributed by atoms with van der Waals surface area (Å²) < 4.78 is 16.4. The summed E-state index contributed by atoms with van der Waals surface area (Å²) >= 11 is 0. The highest BCUT2D eigenvalue weighted by Gasteiger charge is 2.42. The van der Waals surface area contributed by atoms with Crippen LogP contribution in [0.5, 0.6) is 0 Å². The van der Waals surface area contributed by atoms with Gasteiger partial charge in [-0.3, -0.25) is 0 Å². The minimum absolute atomic E-state index is 0.315. The van der Waals surface area contributed by atoms with Gasteiger partial charge >= 0.3 is 0 Å². The second kappa shape index (κ2) is 7.58. The highest BCUT2D eigenvalue weighted by molar-refractivity contribution is 4.93. The number of ether oxygens (including phenoxy) is 3. The van der Waals surface area contributed by atoms with Crippen molar-refractivity contribution in [3.8, 4) is 0 Å². The molecule has 2 atom stereocenters. The van der Waals surface area contributed by atoms with E-state index in [1.54, 1.807) is 7.11 Å². The van der Waals surface area contributed by atoms with Crippen molar-refractivity contribution in [1.82, 2.24) is 5.32 Å². The standard InChI is InChI=1S/C15H29NO3/c1-13-15(5-9-19-13,12-16-6-10-17-2)11-14-3-7-18-8-4-14/h13-14,16H,3-12H2,1-2H3. The maximum atomic E-state index is 5.86. The van der Waals surface area contributed by atoms with Crippen molar-refractivity contribution < 1.29 is 14.2 Å². The third-order valence-electron chi connectivity index (χ3n) is 4.83. The van der Waals surface area contributed by atoms with Crippen LogP contribution in [0.15, 0.2) is 0 Å². The monoisotopic (exact) mass is 271 g/mol. The van der Waals surface area contributed by atoms with Crippen LogP contribution in [-0.2, 0) is 14.2 Å². The lowest BCUT2D eigenvalue weighted by molar-refractivity contribution is 0.0173. The van der Waals surface area contributed by atoms with Gasteiger partial charge in [-0.15, -0.1) is 0 Å². The van der Waals surface area contributed by atoms with Crippen LogP contribution in [0.3, 0.4) is 0 Å². The van der Waals surface area contributed by atoms with Gasteiger partial charge in [-0.1, -0.05) is 0 Å². The summed E-state index contributed by atoms with van der Waals surface area (Å²) in [6.07, 6.45) is 5.26. The maximum absolute atomic E-state index is 5.86. The Morgan fingerprint density at radius 2 is 2.05 bits per heavy atom. The highest BCUT2D eigenvalue weighted by Crippen LogP contribution is 2.42. The molecule has 2 saturated heterocycles. The molecule has 4 nitrogen and oxygen atoms in total. The van der Waals surface area contributed by atoms with E-state index in [4.69, 9.17) is 14.2 Å². The third-order valence-corrected chi connectivity index (χ3v) is 4.83. The fraction of sp³-hybridized carbons (Fsp3) is 1.00. The molecule has 0 bridgehead atoms. The smallest absolute Gasteiger partial charge is 0.0616 e. The minimum Gasteiger partial charge on any atom is -0.383 e. The van der Waals surface area contributed by atoms with Crippen LogP contribution in [0.1, 0.15) is 32.6 Å². The number of hydrogen-bond acceptors (Lipinski definition) is 4. The van der Waals surface area contributed by atoms with Crippen molar-refractivity contribution in [2.45, 2.75) is 38.7 Å². The second-order valence-electron chi connectivity index (χ2n) is 6.05. The quantitative estimate of drug-likeness (QED) is 0.717. The topological polar surface area (TPSA) is 39.7 Å². The van der Waals surface area contributed by atoms with E-state index in [1.807, 2.05) is 0 Å². The average molecular weight is 271 g/mol. The molecule has 2 fully saturated rings. The van der Waals surface area contributed by atoms with Gasteiger partial charge in [0.25, 0.3) is 0 Å². The lowest BCUT2D eigenvalue weighted by Gasteiger charge is -2.37. The Morgan fingerprint density at radius 3 is 2.68 bits per heavy atom. The van der Waals surface area contributed by atoms with Crippen LogP contribution in [-0.4, -0.2) is 52.7 Å². The molecule has 0 aromatic rings. The number of rotatable bonds is 7. The molecule has 4 heteroatoms. The van der Waals surface area contributed by atoms with Gasteiger partial charge in [0.1, 0.15) is 0 Å². The van der Waals surface area contributed by atoms with Crippen molar-refractivity contribution >= 4 is 0 Å². The predicted molar refractivity (Wildman–Crippen MR) is 75.4 cm³/mol. The van der Waals surface area contributed by atoms with E-state index in [-0.39, 0.29) is 0 Å². The van der Waals surface area contributed by atoms with E-state index >= 15 is 0 Å². The van der Waals surface area contributed by atoms with Crippen LogP contribution >= 0.6 is 0 Å². The third kappa shape index (κ3) is 4.15. The first-order valence-corrected chi connectivity index (χ1v) is 7.66. The molecular formula is C15H29NO3. The van der Waals surface area contributed by atoms with Crippen molar-refractivity contribution in [3.05, 3.63) is 0 Å². The Balaban J connectivity index is 1.86. The summed E-state index contributed by atoms with van der Waals surface area (Å²) in [4.78, 5) is 0. The van der Waals surface area contributed by atoms with E-state index < -0.39 is 0 Å². The van der Waals surface area contributed by atoms with Crippen LogP contribution < -0.4 is 5.32 Å². The number of methoxy groups -OCH3 is 1. The van der Waals surface area contributed by atoms with Gasteiger partial charge in [0, 0.05) is 45.4 Å². The molecule has 112 valence electrons. The summed E-state index contributed by atoms with van der Waals surface area (Å²) in [6, 6.07) is 0. The lowest BCUT2D eigenvalue weighted by Crippen LogP contribution is -2.42. The van der Waals surface area contributed by atoms with Crippen LogP contribution in [0, 0.1) is 11.3 Å². The first kappa shape index (κ1) is 15.2. The zero-order chi connectivity index (χ0) is 13.6. The molecule has 0 radical (unpaired) electrons. The first-order valence-electron chi connectivity index (χ1n) is 7.66. The summed E-state index contributed by atoms with van der Waals surface area (Å²) in [5, 5.41) is 3.55. The molecule has 2 unspecified atom stereocenters. The Hall–Kier alpha value is -0.160. The Bertz CT molecular complexity index is 256. The second-order valence-corrected chi connectivity index (χ2v) is 6.05. The molecule has 2 aliphatic heterocycles. The first-order chi connectivity index (χ1) is 9.27. The fourth-order valence-corrected chi connectivity index (χ4v) is 3.43. The van der Waals surface area contributed by atoms with Gasteiger partial charge in [0.2, 0.25) is 0 Å². The summed E-state index contributed by atoms with van der Waals surface area (Å²) in [5.74, 6) is 0.808. The van der Waals surface area contributed by atoms with Crippen LogP contribution in [0.25, 0.3) is 0 Å². The average Bonchev–Trinajstić information content (AvgIpc) is 2.78. The van der Waals surface area contributed by atoms with E-state index in [9.17, 15) is 0 Å². The van der Waals surface area contributed by atoms with Crippen molar-refractivity contribution in [3.63, 3.8) is 0 Å². The summed E-state index contributed by atoms with van der Waals surface area (Å²) in [5.41, 5.74) is 0.315. The molecule has 0 aliphatic carbocycles. The van der Waals surface area contributed by atoms with Crippen molar-refractivity contribution in [2.75, 3.05) is 46.6 Å². The van der Waals surface area contributed by atoms with E-state index in [2.05, 4.69) is 12.2 Å². The van der Waals surface area contributed by atoms with Gasteiger partial charge < -0.3 is 19.5 Å². The van der Waals surface area contributed by atoms with E-state index in [0.717, 1.165) is 45.4 Å². The lowest BCUT2D eigenvalue weighted by atomic mass is 9.72. The zero-order valence-corrected chi connectivity index (χ0v) is 12.5. The Kier molecular flexibility index (Phi) is 6.07. The molecule has 0 saturated carbocycles. The maximum Gasteiger partial charge on any atom is 0.0616 e. The highest BCUT2D eigenvalue weighted by atomic mass is 16.5. The normalized spacial score (nSPS) is 32.8. The molecule has 2 heterocycles. The molecule has 0 amide bonds. The minimum atomic E-state index is 0.315. The predicted octanol–water partition coefficient (Wildman–Crippen LogP) is 1.83. The van der Waals surface area contributed by atoms with Crippen LogP contribution in [0.2, 0.25) is 0 Å². The number of nitrogens with one attached hydrogen (secondary N) is 1. The van der Waals surface area contributed by atoms with Crippen molar-refractivity contribution in [1.29, 1.82) is 0 Å². The van der Waals surface area contributed by atoms with Gasteiger partial charge in [-0.05, 0) is 38.5 Å². The Labute approximate surface area is 117 Å². The zero-order valence-electron chi connectivity index (χ0n) is 12.5. The SMILES string of the molecule is COCCNCC1(CC2CCOCC2)CCOC1C. The molecule has 2 aliphatic rings. The molecule has 2 rings (SSSR count). The molecule has 1 N–H and O–H groups in total. The van der Waals surface area contributed by atoms with Gasteiger partial charge in [-0.2, -0.15) is 0 Å². The molecule has 19 heavy (non-hydrogen) atoms. The van der Waals surface area contributed by atoms with E-state index in [0.29, 0.717) is 11.5 Å². The number of hydrogen-bond donors (Lipinski definition) is 1. The van der Waals surface area contributed by atoms with Crippen LogP contribution in [0.4, 0.5) is 0 Å². The van der Waals surface area contributed by atoms with E-state index in [1.165, 1.54) is 25.7 Å². The molecule has 0 spiro atoms.